The molecule has 0 heterocycles. The molecule has 0 saturated carbocycles. The Morgan fingerprint density at radius 2 is 1.48 bits per heavy atom. The van der Waals surface area contributed by atoms with Crippen molar-refractivity contribution in [3.05, 3.63) is 0 Å². The van der Waals surface area contributed by atoms with Gasteiger partial charge in [-0.3, -0.25) is 9.59 Å². The van der Waals surface area contributed by atoms with Crippen LogP contribution >= 0.6 is 0 Å². The van der Waals surface area contributed by atoms with Crippen LogP contribution in [0.3, 0.4) is 0 Å². The van der Waals surface area contributed by atoms with Crippen molar-refractivity contribution in [3.8, 4) is 0 Å². The van der Waals surface area contributed by atoms with Crippen LogP contribution in [0.2, 0.25) is 0 Å². The molecule has 0 aliphatic heterocycles. The molecule has 0 aliphatic rings. The van der Waals surface area contributed by atoms with E-state index >= 15 is 0 Å². The molecule has 0 aromatic heterocycles. The van der Waals surface area contributed by atoms with Gasteiger partial charge in [0.15, 0.2) is 0 Å². The van der Waals surface area contributed by atoms with Gasteiger partial charge in [0, 0.05) is 0 Å². The maximum atomic E-state index is 11.2. The number of Topliss-reactive ketones (excluding diaryl/α,β-unsaturated/α-hetero) is 1. The summed E-state index contributed by atoms with van der Waals surface area (Å²) in [5.41, 5.74) is 0. The largest absolute Gasteiger partial charge is 0.475 e. The fourth-order valence-electron chi connectivity index (χ4n) is 1.42. The second kappa shape index (κ2) is 8.61. The number of carboxylic acid groups (broad SMARTS) is 1. The monoisotopic (exact) mass is 311 g/mol. The van der Waals surface area contributed by atoms with Crippen molar-refractivity contribution < 1.29 is 50.1 Å². The predicted octanol–water partition coefficient (Wildman–Crippen LogP) is -5.45. The number of aliphatic hydroxyl groups is 6. The number of carbonyl (C=O) groups is 3. The Morgan fingerprint density at radius 3 is 1.86 bits per heavy atom. The molecule has 1 amide bonds. The lowest BCUT2D eigenvalue weighted by atomic mass is 9.94. The van der Waals surface area contributed by atoms with Gasteiger partial charge in [-0.15, -0.1) is 0 Å². The third kappa shape index (κ3) is 5.34. The Balaban J connectivity index is 5.25. The summed E-state index contributed by atoms with van der Waals surface area (Å²) < 4.78 is 0. The van der Waals surface area contributed by atoms with Gasteiger partial charge in [-0.1, -0.05) is 0 Å². The van der Waals surface area contributed by atoms with Gasteiger partial charge in [0.25, 0.3) is 5.78 Å². The molecule has 11 heteroatoms. The number of amides is 1. The molecule has 0 aromatic rings. The smallest absolute Gasteiger partial charge is 0.375 e. The van der Waals surface area contributed by atoms with E-state index in [9.17, 15) is 29.7 Å². The molecule has 0 aromatic carbocycles. The number of rotatable bonds is 9. The van der Waals surface area contributed by atoms with Crippen LogP contribution in [0.1, 0.15) is 0 Å². The lowest BCUT2D eigenvalue weighted by molar-refractivity contribution is -0.157. The Bertz CT molecular complexity index is 386. The summed E-state index contributed by atoms with van der Waals surface area (Å²) in [5, 5.41) is 65.2. The molecule has 122 valence electrons. The topological polar surface area (TPSA) is 205 Å². The van der Waals surface area contributed by atoms with Crippen molar-refractivity contribution in [3.63, 3.8) is 0 Å². The van der Waals surface area contributed by atoms with Crippen LogP contribution in [0.4, 0.5) is 0 Å². The number of carbonyl (C=O) groups excluding carboxylic acids is 2. The Labute approximate surface area is 118 Å². The van der Waals surface area contributed by atoms with Crippen molar-refractivity contribution in [2.45, 2.75) is 30.5 Å². The minimum atomic E-state index is -2.45. The van der Waals surface area contributed by atoms with Crippen molar-refractivity contribution in [2.24, 2.45) is 0 Å². The highest BCUT2D eigenvalue weighted by atomic mass is 16.4. The average Bonchev–Trinajstić information content (AvgIpc) is 2.48. The van der Waals surface area contributed by atoms with Gasteiger partial charge in [-0.05, 0) is 0 Å². The lowest BCUT2D eigenvalue weighted by Crippen LogP contribution is -2.60. The highest BCUT2D eigenvalue weighted by Crippen LogP contribution is 2.10. The lowest BCUT2D eigenvalue weighted by Gasteiger charge is -2.31. The Morgan fingerprint density at radius 1 is 0.952 bits per heavy atom. The van der Waals surface area contributed by atoms with Gasteiger partial charge in [-0.2, -0.15) is 0 Å². The number of nitrogens with one attached hydrogen (secondary N) is 1. The van der Waals surface area contributed by atoms with Crippen LogP contribution in [-0.2, 0) is 14.4 Å². The molecular formula is C10H17NO10. The van der Waals surface area contributed by atoms with Crippen LogP contribution in [0.5, 0.6) is 0 Å². The van der Waals surface area contributed by atoms with E-state index in [0.717, 1.165) is 0 Å². The van der Waals surface area contributed by atoms with E-state index in [0.29, 0.717) is 0 Å². The van der Waals surface area contributed by atoms with Gasteiger partial charge in [0.05, 0.1) is 12.6 Å². The summed E-state index contributed by atoms with van der Waals surface area (Å²) >= 11 is 0. The quantitative estimate of drug-likeness (QED) is 0.190. The summed E-state index contributed by atoms with van der Waals surface area (Å²) in [7, 11) is 0. The summed E-state index contributed by atoms with van der Waals surface area (Å²) in [4.78, 5) is 32.7. The number of ketones is 1. The second-order valence-corrected chi connectivity index (χ2v) is 4.10. The van der Waals surface area contributed by atoms with E-state index in [1.165, 1.54) is 0 Å². The highest BCUT2D eigenvalue weighted by molar-refractivity contribution is 6.34. The van der Waals surface area contributed by atoms with Crippen LogP contribution < -0.4 is 5.32 Å². The fourth-order valence-corrected chi connectivity index (χ4v) is 1.42. The maximum Gasteiger partial charge on any atom is 0.375 e. The van der Waals surface area contributed by atoms with Gasteiger partial charge < -0.3 is 41.1 Å². The summed E-state index contributed by atoms with van der Waals surface area (Å²) in [6.07, 6.45) is -8.62. The van der Waals surface area contributed by atoms with Gasteiger partial charge in [-0.25, -0.2) is 4.79 Å². The molecule has 21 heavy (non-hydrogen) atoms. The molecule has 0 rings (SSSR count). The van der Waals surface area contributed by atoms with E-state index in [1.54, 1.807) is 5.32 Å². The van der Waals surface area contributed by atoms with Crippen molar-refractivity contribution in [2.75, 3.05) is 13.2 Å². The van der Waals surface area contributed by atoms with Gasteiger partial charge >= 0.3 is 5.97 Å². The predicted molar refractivity (Wildman–Crippen MR) is 62.8 cm³/mol. The first-order valence-electron chi connectivity index (χ1n) is 5.67. The standard InChI is InChI=1S/C10H17NO10/c12-1-3(14)6(16)7(17)5(11-4(15)2-13)8(18)9(19)10(20)21/h3,5-8,12-14,16-18H,1-2H2,(H,11,15)(H,20,21)/t3-,5+,6-,7-,8-/m1/s1. The minimum Gasteiger partial charge on any atom is -0.475 e. The number of carboxylic acids is 1. The Hall–Kier alpha value is -1.63. The summed E-state index contributed by atoms with van der Waals surface area (Å²) in [6, 6.07) is -2.02. The highest BCUT2D eigenvalue weighted by Gasteiger charge is 2.40. The zero-order valence-electron chi connectivity index (χ0n) is 10.7. The average molecular weight is 311 g/mol. The second-order valence-electron chi connectivity index (χ2n) is 4.10. The van der Waals surface area contributed by atoms with Crippen LogP contribution in [0.15, 0.2) is 0 Å². The van der Waals surface area contributed by atoms with Crippen molar-refractivity contribution >= 4 is 17.7 Å². The van der Waals surface area contributed by atoms with Crippen molar-refractivity contribution in [1.82, 2.24) is 5.32 Å². The molecular weight excluding hydrogens is 294 g/mol. The number of hydrogen-bond acceptors (Lipinski definition) is 9. The molecule has 0 bridgehead atoms. The molecule has 8 N–H and O–H groups in total. The van der Waals surface area contributed by atoms with Gasteiger partial charge in [0.1, 0.15) is 31.0 Å². The number of aliphatic hydroxyl groups excluding tert-OH is 6. The zero-order chi connectivity index (χ0) is 16.7. The number of aliphatic carboxylic acids is 1. The van der Waals surface area contributed by atoms with E-state index < -0.39 is 61.3 Å². The van der Waals surface area contributed by atoms with Gasteiger partial charge in [0.2, 0.25) is 5.91 Å². The normalized spacial score (nSPS) is 18.2. The third-order valence-electron chi connectivity index (χ3n) is 2.59. The first-order chi connectivity index (χ1) is 9.67. The van der Waals surface area contributed by atoms with Crippen LogP contribution in [-0.4, -0.2) is 97.1 Å². The number of hydrogen-bond donors (Lipinski definition) is 8. The van der Waals surface area contributed by atoms with E-state index in [-0.39, 0.29) is 0 Å². The SMILES string of the molecule is O=C(CO)N[C@@H]([C@@H](O)[C@H](O)[C@H](O)CO)[C@@H](O)C(=O)C(=O)O. The van der Waals surface area contributed by atoms with Crippen molar-refractivity contribution in [1.29, 1.82) is 0 Å². The Kier molecular flexibility index (Phi) is 7.94. The zero-order valence-corrected chi connectivity index (χ0v) is 10.7. The minimum absolute atomic E-state index is 0.984. The maximum absolute atomic E-state index is 11.2. The summed E-state index contributed by atoms with van der Waals surface area (Å²) in [5.74, 6) is -5.03. The first-order valence-corrected chi connectivity index (χ1v) is 5.67. The van der Waals surface area contributed by atoms with Crippen LogP contribution in [0, 0.1) is 0 Å². The van der Waals surface area contributed by atoms with E-state index in [1.807, 2.05) is 0 Å². The molecule has 5 atom stereocenters. The third-order valence-corrected chi connectivity index (χ3v) is 2.59. The van der Waals surface area contributed by atoms with E-state index in [2.05, 4.69) is 0 Å². The molecule has 0 aliphatic carbocycles. The molecule has 0 radical (unpaired) electrons. The molecule has 0 fully saturated rings. The molecule has 11 nitrogen and oxygen atoms in total. The van der Waals surface area contributed by atoms with E-state index in [4.69, 9.17) is 20.4 Å². The molecule has 0 unspecified atom stereocenters. The molecule has 0 saturated heterocycles. The molecule has 0 spiro atoms. The first kappa shape index (κ1) is 19.4. The fraction of sp³-hybridized carbons (Fsp3) is 0.700. The summed E-state index contributed by atoms with van der Waals surface area (Å²) in [6.45, 7) is -2.09. The van der Waals surface area contributed by atoms with Crippen LogP contribution in [0.25, 0.3) is 0 Å².